The maximum absolute atomic E-state index is 11.6. The number of aromatic nitrogens is 4. The number of primary amides is 1. The molecule has 0 saturated carbocycles. The summed E-state index contributed by atoms with van der Waals surface area (Å²) < 4.78 is 3.94. The fraction of sp³-hybridized carbons (Fsp3) is 0.545. The van der Waals surface area contributed by atoms with Crippen LogP contribution in [0.3, 0.4) is 0 Å². The van der Waals surface area contributed by atoms with Crippen LogP contribution in [0.25, 0.3) is 11.2 Å². The Labute approximate surface area is 110 Å². The fourth-order valence-electron chi connectivity index (χ4n) is 2.09. The minimum absolute atomic E-state index is 0.432. The Kier molecular flexibility index (Phi) is 2.81. The van der Waals surface area contributed by atoms with Crippen LogP contribution in [0, 0.1) is 4.77 Å². The average Bonchev–Trinajstić information content (AvgIpc) is 2.76. The zero-order valence-electron chi connectivity index (χ0n) is 10.9. The molecule has 0 aliphatic heterocycles. The zero-order chi connectivity index (χ0) is 13.7. The van der Waals surface area contributed by atoms with Crippen molar-refractivity contribution in [2.24, 2.45) is 12.8 Å². The molecule has 2 rings (SSSR count). The summed E-state index contributed by atoms with van der Waals surface area (Å²) in [6, 6.07) is 0. The van der Waals surface area contributed by atoms with Gasteiger partial charge in [0.25, 0.3) is 0 Å². The molecule has 0 radical (unpaired) electrons. The maximum Gasteiger partial charge on any atom is 0.243 e. The molecule has 0 aliphatic rings. The molecule has 0 fully saturated rings. The number of hydrogen-bond acceptors (Lipinski definition) is 3. The van der Waals surface area contributed by atoms with E-state index in [0.717, 1.165) is 23.3 Å². The van der Waals surface area contributed by atoms with Crippen LogP contribution in [0.1, 0.15) is 26.5 Å². The predicted molar refractivity (Wildman–Crippen MR) is 71.8 cm³/mol. The number of aromatic amines is 1. The van der Waals surface area contributed by atoms with Gasteiger partial charge in [0.15, 0.2) is 10.4 Å². The van der Waals surface area contributed by atoms with E-state index in [-0.39, 0.29) is 0 Å². The van der Waals surface area contributed by atoms with Gasteiger partial charge in [-0.05, 0) is 32.5 Å². The van der Waals surface area contributed by atoms with Gasteiger partial charge < -0.3 is 10.7 Å². The van der Waals surface area contributed by atoms with Crippen molar-refractivity contribution in [3.05, 3.63) is 10.5 Å². The van der Waals surface area contributed by atoms with E-state index in [4.69, 9.17) is 18.0 Å². The number of amides is 1. The largest absolute Gasteiger partial charge is 0.368 e. The first kappa shape index (κ1) is 12.8. The number of imidazole rings is 1. The van der Waals surface area contributed by atoms with E-state index in [1.165, 1.54) is 0 Å². The molecule has 3 N–H and O–H groups in total. The van der Waals surface area contributed by atoms with Crippen LogP contribution in [0.5, 0.6) is 0 Å². The second-order valence-corrected chi connectivity index (χ2v) is 5.20. The molecule has 0 aromatic carbocycles. The zero-order valence-corrected chi connectivity index (χ0v) is 11.8. The Morgan fingerprint density at radius 3 is 2.67 bits per heavy atom. The van der Waals surface area contributed by atoms with Gasteiger partial charge in [0.05, 0.1) is 5.69 Å². The van der Waals surface area contributed by atoms with Crippen LogP contribution in [0.4, 0.5) is 0 Å². The molecular formula is C11H17N5OS. The Balaban J connectivity index is 2.88. The summed E-state index contributed by atoms with van der Waals surface area (Å²) in [5.41, 5.74) is 7.16. The van der Waals surface area contributed by atoms with Gasteiger partial charge in [-0.3, -0.25) is 14.0 Å². The van der Waals surface area contributed by atoms with Crippen molar-refractivity contribution in [2.45, 2.75) is 32.7 Å². The van der Waals surface area contributed by atoms with Gasteiger partial charge in [-0.2, -0.15) is 5.10 Å². The summed E-state index contributed by atoms with van der Waals surface area (Å²) in [5.74, 6) is -0.432. The summed E-state index contributed by atoms with van der Waals surface area (Å²) in [6.45, 7) is 5.52. The minimum atomic E-state index is -0.895. The van der Waals surface area contributed by atoms with Crippen molar-refractivity contribution in [3.63, 3.8) is 0 Å². The molecule has 98 valence electrons. The van der Waals surface area contributed by atoms with Crippen molar-refractivity contribution in [3.8, 4) is 0 Å². The first-order chi connectivity index (χ1) is 8.30. The first-order valence-electron chi connectivity index (χ1n) is 5.77. The van der Waals surface area contributed by atoms with Gasteiger partial charge >= 0.3 is 0 Å². The second-order valence-electron chi connectivity index (χ2n) is 4.81. The molecule has 0 bridgehead atoms. The Morgan fingerprint density at radius 1 is 1.56 bits per heavy atom. The molecule has 6 nitrogen and oxygen atoms in total. The summed E-state index contributed by atoms with van der Waals surface area (Å²) in [7, 11) is 1.83. The van der Waals surface area contributed by atoms with Crippen molar-refractivity contribution < 1.29 is 4.79 Å². The molecule has 0 saturated heterocycles. The predicted octanol–water partition coefficient (Wildman–Crippen LogP) is 1.22. The minimum Gasteiger partial charge on any atom is -0.368 e. The van der Waals surface area contributed by atoms with Crippen molar-refractivity contribution in [1.82, 2.24) is 19.3 Å². The maximum atomic E-state index is 11.6. The molecule has 2 heterocycles. The topological polar surface area (TPSA) is 81.6 Å². The number of carbonyl (C=O) groups is 1. The molecule has 2 aromatic heterocycles. The number of carbonyl (C=O) groups excluding carboxylic acids is 1. The third kappa shape index (κ3) is 1.58. The van der Waals surface area contributed by atoms with Gasteiger partial charge in [-0.15, -0.1) is 0 Å². The number of aryl methyl sites for hydroxylation is 2. The standard InChI is InChI=1S/C11H17N5OS/c1-5-6-7-8(15(4)14-6)16(10(18)13-7)11(2,3)9(12)17/h5H2,1-4H3,(H2,12,17)(H,13,18). The number of nitrogens with two attached hydrogens (primary N) is 1. The Bertz CT molecular complexity index is 675. The molecule has 2 aromatic rings. The van der Waals surface area contributed by atoms with E-state index >= 15 is 0 Å². The molecule has 0 unspecified atom stereocenters. The van der Waals surface area contributed by atoms with Gasteiger partial charge in [0.1, 0.15) is 11.1 Å². The van der Waals surface area contributed by atoms with Gasteiger partial charge in [0.2, 0.25) is 5.91 Å². The van der Waals surface area contributed by atoms with Crippen LogP contribution >= 0.6 is 12.2 Å². The summed E-state index contributed by atoms with van der Waals surface area (Å²) >= 11 is 5.30. The Hall–Kier alpha value is -1.63. The van der Waals surface area contributed by atoms with E-state index in [0.29, 0.717) is 4.77 Å². The summed E-state index contributed by atoms with van der Waals surface area (Å²) in [5, 5.41) is 4.41. The summed E-state index contributed by atoms with van der Waals surface area (Å²) in [6.07, 6.45) is 0.795. The van der Waals surface area contributed by atoms with E-state index in [1.807, 2.05) is 14.0 Å². The highest BCUT2D eigenvalue weighted by molar-refractivity contribution is 7.71. The lowest BCUT2D eigenvalue weighted by Gasteiger charge is -2.23. The lowest BCUT2D eigenvalue weighted by Crippen LogP contribution is -2.41. The molecule has 0 aliphatic carbocycles. The van der Waals surface area contributed by atoms with E-state index in [1.54, 1.807) is 23.1 Å². The highest BCUT2D eigenvalue weighted by Gasteiger charge is 2.31. The van der Waals surface area contributed by atoms with Gasteiger partial charge in [-0.25, -0.2) is 0 Å². The van der Waals surface area contributed by atoms with Crippen molar-refractivity contribution in [1.29, 1.82) is 0 Å². The molecule has 18 heavy (non-hydrogen) atoms. The second kappa shape index (κ2) is 3.94. The van der Waals surface area contributed by atoms with Crippen LogP contribution < -0.4 is 5.73 Å². The Morgan fingerprint density at radius 2 is 2.17 bits per heavy atom. The van der Waals surface area contributed by atoms with E-state index in [9.17, 15) is 4.79 Å². The molecule has 1 amide bonds. The highest BCUT2D eigenvalue weighted by atomic mass is 32.1. The fourth-order valence-corrected chi connectivity index (χ4v) is 2.51. The third-order valence-corrected chi connectivity index (χ3v) is 3.52. The van der Waals surface area contributed by atoms with E-state index in [2.05, 4.69) is 10.1 Å². The lowest BCUT2D eigenvalue weighted by molar-refractivity contribution is -0.125. The number of nitrogens with one attached hydrogen (secondary N) is 1. The van der Waals surface area contributed by atoms with Gasteiger partial charge in [-0.1, -0.05) is 6.92 Å². The van der Waals surface area contributed by atoms with Gasteiger partial charge in [0, 0.05) is 7.05 Å². The van der Waals surface area contributed by atoms with Crippen LogP contribution in [0.15, 0.2) is 0 Å². The number of fused-ring (bicyclic) bond motifs is 1. The van der Waals surface area contributed by atoms with Crippen LogP contribution in [0.2, 0.25) is 0 Å². The van der Waals surface area contributed by atoms with E-state index < -0.39 is 11.4 Å². The number of rotatable bonds is 3. The third-order valence-electron chi connectivity index (χ3n) is 3.23. The average molecular weight is 267 g/mol. The molecule has 0 spiro atoms. The van der Waals surface area contributed by atoms with Crippen LogP contribution in [-0.4, -0.2) is 25.2 Å². The van der Waals surface area contributed by atoms with Crippen molar-refractivity contribution >= 4 is 29.3 Å². The quantitative estimate of drug-likeness (QED) is 0.820. The normalized spacial score (nSPS) is 12.2. The number of nitrogens with zero attached hydrogens (tertiary/aromatic N) is 3. The summed E-state index contributed by atoms with van der Waals surface area (Å²) in [4.78, 5) is 14.7. The van der Waals surface area contributed by atoms with Crippen LogP contribution in [-0.2, 0) is 23.8 Å². The SMILES string of the molecule is CCc1nn(C)c2c1[nH]c(=S)n2C(C)(C)C(N)=O. The number of H-pyrrole nitrogens is 1. The molecule has 0 atom stereocenters. The smallest absolute Gasteiger partial charge is 0.243 e. The molecular weight excluding hydrogens is 250 g/mol. The monoisotopic (exact) mass is 267 g/mol. The number of hydrogen-bond donors (Lipinski definition) is 2. The highest BCUT2D eigenvalue weighted by Crippen LogP contribution is 2.25. The van der Waals surface area contributed by atoms with Crippen molar-refractivity contribution in [2.75, 3.05) is 0 Å². The molecule has 7 heteroatoms. The first-order valence-corrected chi connectivity index (χ1v) is 6.18. The lowest BCUT2D eigenvalue weighted by atomic mass is 10.1.